The van der Waals surface area contributed by atoms with Gasteiger partial charge in [-0.05, 0) is 42.0 Å². The lowest BCUT2D eigenvalue weighted by Gasteiger charge is -2.08. The van der Waals surface area contributed by atoms with E-state index >= 15 is 0 Å². The summed E-state index contributed by atoms with van der Waals surface area (Å²) in [7, 11) is -3.78. The van der Waals surface area contributed by atoms with Crippen LogP contribution in [0.3, 0.4) is 0 Å². The number of rotatable bonds is 7. The second-order valence-corrected chi connectivity index (χ2v) is 7.94. The molecule has 5 heteroatoms. The molecule has 0 fully saturated rings. The fraction of sp³-hybridized carbons (Fsp3) is 0.316. The van der Waals surface area contributed by atoms with Gasteiger partial charge in [0.2, 0.25) is 5.91 Å². The van der Waals surface area contributed by atoms with Crippen molar-refractivity contribution in [1.82, 2.24) is 4.72 Å². The molecular formula is C19H23NO3S. The predicted octanol–water partition coefficient (Wildman–Crippen LogP) is 3.32. The molecule has 1 N–H and O–H groups in total. The third-order valence-corrected chi connectivity index (χ3v) is 5.00. The zero-order valence-electron chi connectivity index (χ0n) is 14.0. The molecule has 1 amide bonds. The monoisotopic (exact) mass is 345 g/mol. The quantitative estimate of drug-likeness (QED) is 0.837. The summed E-state index contributed by atoms with van der Waals surface area (Å²) in [5, 5.41) is 0. The van der Waals surface area contributed by atoms with Gasteiger partial charge in [-0.3, -0.25) is 4.79 Å². The maximum atomic E-state index is 12.1. The SMILES string of the molecule is CC(C)Cc1ccc(CCC(=O)NS(=O)(=O)c2ccccc2)cc1. The van der Waals surface area contributed by atoms with Crippen molar-refractivity contribution in [3.05, 3.63) is 65.7 Å². The van der Waals surface area contributed by atoms with Crippen LogP contribution in [0.2, 0.25) is 0 Å². The van der Waals surface area contributed by atoms with Gasteiger partial charge in [0.25, 0.3) is 10.0 Å². The molecule has 0 atom stereocenters. The molecule has 4 nitrogen and oxygen atoms in total. The van der Waals surface area contributed by atoms with Crippen molar-refractivity contribution in [2.45, 2.75) is 38.0 Å². The first-order valence-corrected chi connectivity index (χ1v) is 9.53. The minimum Gasteiger partial charge on any atom is -0.274 e. The Balaban J connectivity index is 1.89. The second-order valence-electron chi connectivity index (χ2n) is 6.26. The predicted molar refractivity (Wildman–Crippen MR) is 95.1 cm³/mol. The largest absolute Gasteiger partial charge is 0.274 e. The number of carbonyl (C=O) groups excluding carboxylic acids is 1. The van der Waals surface area contributed by atoms with Gasteiger partial charge in [-0.25, -0.2) is 13.1 Å². The number of hydrogen-bond acceptors (Lipinski definition) is 3. The number of hydrogen-bond donors (Lipinski definition) is 1. The summed E-state index contributed by atoms with van der Waals surface area (Å²) in [6, 6.07) is 16.0. The summed E-state index contributed by atoms with van der Waals surface area (Å²) in [5.74, 6) is 0.106. The molecule has 2 aromatic carbocycles. The standard InChI is InChI=1S/C19H23NO3S/c1-15(2)14-17-10-8-16(9-11-17)12-13-19(21)20-24(22,23)18-6-4-3-5-7-18/h3-11,15H,12-14H2,1-2H3,(H,20,21). The van der Waals surface area contributed by atoms with E-state index in [9.17, 15) is 13.2 Å². The molecule has 2 aromatic rings. The first-order chi connectivity index (χ1) is 11.4. The summed E-state index contributed by atoms with van der Waals surface area (Å²) in [5.41, 5.74) is 2.29. The van der Waals surface area contributed by atoms with E-state index < -0.39 is 15.9 Å². The third-order valence-electron chi connectivity index (χ3n) is 3.61. The van der Waals surface area contributed by atoms with Gasteiger partial charge in [0, 0.05) is 6.42 Å². The van der Waals surface area contributed by atoms with Crippen LogP contribution in [0.15, 0.2) is 59.5 Å². The minimum atomic E-state index is -3.78. The van der Waals surface area contributed by atoms with E-state index in [0.29, 0.717) is 12.3 Å². The molecule has 0 unspecified atom stereocenters. The number of benzene rings is 2. The number of carbonyl (C=O) groups is 1. The molecule has 128 valence electrons. The minimum absolute atomic E-state index is 0.0939. The summed E-state index contributed by atoms with van der Waals surface area (Å²) in [6.45, 7) is 4.34. The molecule has 0 aromatic heterocycles. The van der Waals surface area contributed by atoms with Crippen molar-refractivity contribution in [2.75, 3.05) is 0 Å². The fourth-order valence-corrected chi connectivity index (χ4v) is 3.47. The highest BCUT2D eigenvalue weighted by molar-refractivity contribution is 7.90. The van der Waals surface area contributed by atoms with Gasteiger partial charge in [-0.1, -0.05) is 56.3 Å². The Hall–Kier alpha value is -2.14. The van der Waals surface area contributed by atoms with E-state index in [4.69, 9.17) is 0 Å². The third kappa shape index (κ3) is 5.49. The van der Waals surface area contributed by atoms with Crippen LogP contribution in [0, 0.1) is 5.92 Å². The lowest BCUT2D eigenvalue weighted by molar-refractivity contribution is -0.119. The number of amides is 1. The topological polar surface area (TPSA) is 63.2 Å². The number of nitrogens with one attached hydrogen (secondary N) is 1. The summed E-state index contributed by atoms with van der Waals surface area (Å²) >= 11 is 0. The molecule has 0 saturated carbocycles. The Morgan fingerprint density at radius 2 is 1.54 bits per heavy atom. The zero-order chi connectivity index (χ0) is 17.6. The van der Waals surface area contributed by atoms with Crippen LogP contribution in [0.1, 0.15) is 31.4 Å². The van der Waals surface area contributed by atoms with Gasteiger partial charge in [0.15, 0.2) is 0 Å². The maximum absolute atomic E-state index is 12.1. The van der Waals surface area contributed by atoms with Gasteiger partial charge in [-0.2, -0.15) is 0 Å². The highest BCUT2D eigenvalue weighted by Crippen LogP contribution is 2.12. The van der Waals surface area contributed by atoms with Crippen LogP contribution in [-0.2, 0) is 27.7 Å². The summed E-state index contributed by atoms with van der Waals surface area (Å²) in [4.78, 5) is 12.0. The molecule has 0 aliphatic heterocycles. The van der Waals surface area contributed by atoms with Crippen molar-refractivity contribution in [2.24, 2.45) is 5.92 Å². The molecule has 0 radical (unpaired) electrons. The van der Waals surface area contributed by atoms with E-state index in [2.05, 4.69) is 30.7 Å². The van der Waals surface area contributed by atoms with Crippen molar-refractivity contribution >= 4 is 15.9 Å². The lowest BCUT2D eigenvalue weighted by Crippen LogP contribution is -2.30. The summed E-state index contributed by atoms with van der Waals surface area (Å²) < 4.78 is 26.3. The van der Waals surface area contributed by atoms with Gasteiger partial charge in [0.1, 0.15) is 0 Å². The Labute approximate surface area is 144 Å². The molecule has 2 rings (SSSR count). The van der Waals surface area contributed by atoms with E-state index in [0.717, 1.165) is 12.0 Å². The van der Waals surface area contributed by atoms with Gasteiger partial charge < -0.3 is 0 Å². The van der Waals surface area contributed by atoms with E-state index in [1.807, 2.05) is 12.1 Å². The Morgan fingerprint density at radius 3 is 2.12 bits per heavy atom. The molecule has 0 bridgehead atoms. The Kier molecular flexibility index (Phi) is 6.15. The highest BCUT2D eigenvalue weighted by atomic mass is 32.2. The van der Waals surface area contributed by atoms with E-state index in [1.165, 1.54) is 17.7 Å². The van der Waals surface area contributed by atoms with Crippen LogP contribution >= 0.6 is 0 Å². The molecule has 24 heavy (non-hydrogen) atoms. The van der Waals surface area contributed by atoms with Gasteiger partial charge in [-0.15, -0.1) is 0 Å². The van der Waals surface area contributed by atoms with Crippen molar-refractivity contribution in [3.63, 3.8) is 0 Å². The van der Waals surface area contributed by atoms with Crippen LogP contribution < -0.4 is 4.72 Å². The number of sulfonamides is 1. The Morgan fingerprint density at radius 1 is 0.958 bits per heavy atom. The average molecular weight is 345 g/mol. The molecule has 0 aliphatic rings. The highest BCUT2D eigenvalue weighted by Gasteiger charge is 2.16. The van der Waals surface area contributed by atoms with Crippen molar-refractivity contribution < 1.29 is 13.2 Å². The zero-order valence-corrected chi connectivity index (χ0v) is 14.8. The first kappa shape index (κ1) is 18.2. The number of aryl methyl sites for hydroxylation is 1. The van der Waals surface area contributed by atoms with Crippen LogP contribution in [0.4, 0.5) is 0 Å². The van der Waals surface area contributed by atoms with Gasteiger partial charge >= 0.3 is 0 Å². The van der Waals surface area contributed by atoms with Gasteiger partial charge in [0.05, 0.1) is 4.90 Å². The summed E-state index contributed by atoms with van der Waals surface area (Å²) in [6.07, 6.45) is 1.67. The van der Waals surface area contributed by atoms with Crippen LogP contribution in [0.5, 0.6) is 0 Å². The van der Waals surface area contributed by atoms with E-state index in [1.54, 1.807) is 18.2 Å². The maximum Gasteiger partial charge on any atom is 0.264 e. The molecule has 0 spiro atoms. The Bertz CT molecular complexity index is 766. The van der Waals surface area contributed by atoms with Crippen molar-refractivity contribution in [3.8, 4) is 0 Å². The average Bonchev–Trinajstić information content (AvgIpc) is 2.54. The molecule has 0 aliphatic carbocycles. The van der Waals surface area contributed by atoms with Crippen LogP contribution in [0.25, 0.3) is 0 Å². The fourth-order valence-electron chi connectivity index (χ4n) is 2.43. The van der Waals surface area contributed by atoms with E-state index in [-0.39, 0.29) is 11.3 Å². The second kappa shape index (κ2) is 8.11. The van der Waals surface area contributed by atoms with Crippen molar-refractivity contribution in [1.29, 1.82) is 0 Å². The smallest absolute Gasteiger partial charge is 0.264 e. The first-order valence-electron chi connectivity index (χ1n) is 8.05. The van der Waals surface area contributed by atoms with Crippen LogP contribution in [-0.4, -0.2) is 14.3 Å². The molecular weight excluding hydrogens is 322 g/mol. The lowest BCUT2D eigenvalue weighted by atomic mass is 10.0. The molecule has 0 heterocycles. The molecule has 0 saturated heterocycles. The normalized spacial score (nSPS) is 11.5.